The van der Waals surface area contributed by atoms with Crippen molar-refractivity contribution in [2.45, 2.75) is 12.6 Å². The first-order valence-corrected chi connectivity index (χ1v) is 10.9. The highest BCUT2D eigenvalue weighted by atomic mass is 35.5. The Morgan fingerprint density at radius 2 is 1.48 bits per heavy atom. The lowest BCUT2D eigenvalue weighted by Crippen LogP contribution is -2.48. The third-order valence-electron chi connectivity index (χ3n) is 5.23. The highest BCUT2D eigenvalue weighted by molar-refractivity contribution is 6.36. The number of benzene rings is 3. The number of piperazine rings is 1. The van der Waals surface area contributed by atoms with Gasteiger partial charge in [-0.05, 0) is 53.6 Å². The first-order valence-electron chi connectivity index (χ1n) is 9.43. The number of rotatable bonds is 4. The molecule has 1 unspecified atom stereocenters. The summed E-state index contributed by atoms with van der Waals surface area (Å²) in [4.78, 5) is 4.81. The van der Waals surface area contributed by atoms with E-state index in [1.165, 1.54) is 11.1 Å². The Labute approximate surface area is 191 Å². The van der Waals surface area contributed by atoms with Crippen molar-refractivity contribution in [3.05, 3.63) is 97.9 Å². The molecule has 150 valence electrons. The minimum atomic E-state index is 0.152. The van der Waals surface area contributed by atoms with Gasteiger partial charge in [-0.2, -0.15) is 0 Å². The average Bonchev–Trinajstić information content (AvgIpc) is 2.69. The summed E-state index contributed by atoms with van der Waals surface area (Å²) in [5, 5.41) is 2.81. The van der Waals surface area contributed by atoms with Gasteiger partial charge in [0.15, 0.2) is 0 Å². The molecule has 0 amide bonds. The molecule has 1 fully saturated rings. The summed E-state index contributed by atoms with van der Waals surface area (Å²) in [6, 6.07) is 21.9. The molecule has 1 heterocycles. The largest absolute Gasteiger partial charge is 0.361 e. The molecule has 0 aromatic heterocycles. The summed E-state index contributed by atoms with van der Waals surface area (Å²) in [5.41, 5.74) is 3.42. The van der Waals surface area contributed by atoms with Crippen molar-refractivity contribution in [3.8, 4) is 0 Å². The van der Waals surface area contributed by atoms with E-state index >= 15 is 0 Å². The topological polar surface area (TPSA) is 6.48 Å². The van der Waals surface area contributed by atoms with Gasteiger partial charge in [0.25, 0.3) is 0 Å². The molecule has 1 saturated heterocycles. The Hall–Kier alpha value is -1.42. The lowest BCUT2D eigenvalue weighted by molar-refractivity contribution is 0.215. The third-order valence-corrected chi connectivity index (χ3v) is 6.26. The first-order chi connectivity index (χ1) is 14.0. The molecule has 2 nitrogen and oxygen atoms in total. The Kier molecular flexibility index (Phi) is 6.58. The molecule has 0 bridgehead atoms. The maximum Gasteiger partial charge on any atom is 0.0670 e. The molecule has 1 aliphatic heterocycles. The minimum absolute atomic E-state index is 0.152. The average molecular weight is 466 g/mol. The zero-order chi connectivity index (χ0) is 20.4. The van der Waals surface area contributed by atoms with E-state index in [0.717, 1.165) is 41.9 Å². The summed E-state index contributed by atoms with van der Waals surface area (Å²) >= 11 is 25.0. The molecule has 3 aromatic carbocycles. The van der Waals surface area contributed by atoms with Crippen molar-refractivity contribution in [2.24, 2.45) is 0 Å². The Bertz CT molecular complexity index is 990. The molecule has 0 N–H and O–H groups in total. The second-order valence-electron chi connectivity index (χ2n) is 7.22. The van der Waals surface area contributed by atoms with Gasteiger partial charge in [0.1, 0.15) is 0 Å². The molecule has 0 aliphatic carbocycles. The Morgan fingerprint density at radius 3 is 2.21 bits per heavy atom. The van der Waals surface area contributed by atoms with E-state index in [4.69, 9.17) is 46.4 Å². The normalized spacial score (nSPS) is 17.5. The number of hydrogen-bond donors (Lipinski definition) is 0. The Balaban J connectivity index is 1.63. The highest BCUT2D eigenvalue weighted by Crippen LogP contribution is 2.37. The van der Waals surface area contributed by atoms with Crippen LogP contribution in [0.1, 0.15) is 17.2 Å². The smallest absolute Gasteiger partial charge is 0.0670 e. The fraction of sp³-hybridized carbons (Fsp3) is 0.217. The van der Waals surface area contributed by atoms with Gasteiger partial charge in [-0.1, -0.05) is 70.7 Å². The van der Waals surface area contributed by atoms with Crippen LogP contribution in [0, 0.1) is 0 Å². The van der Waals surface area contributed by atoms with Crippen molar-refractivity contribution in [2.75, 3.05) is 24.5 Å². The fourth-order valence-corrected chi connectivity index (χ4v) is 4.71. The van der Waals surface area contributed by atoms with Crippen molar-refractivity contribution >= 4 is 52.1 Å². The molecule has 0 saturated carbocycles. The number of hydrogen-bond acceptors (Lipinski definition) is 2. The molecular formula is C23H20Cl4N2. The van der Waals surface area contributed by atoms with Crippen LogP contribution >= 0.6 is 46.4 Å². The second-order valence-corrected chi connectivity index (χ2v) is 8.94. The molecule has 3 aromatic rings. The minimum Gasteiger partial charge on any atom is -0.361 e. The van der Waals surface area contributed by atoms with Gasteiger partial charge in [0, 0.05) is 41.2 Å². The van der Waals surface area contributed by atoms with Crippen molar-refractivity contribution in [1.82, 2.24) is 4.90 Å². The fourth-order valence-electron chi connectivity index (χ4n) is 3.85. The van der Waals surface area contributed by atoms with E-state index in [0.29, 0.717) is 10.0 Å². The molecule has 29 heavy (non-hydrogen) atoms. The summed E-state index contributed by atoms with van der Waals surface area (Å²) < 4.78 is 0. The summed E-state index contributed by atoms with van der Waals surface area (Å²) in [6.07, 6.45) is 0. The van der Waals surface area contributed by atoms with Crippen LogP contribution < -0.4 is 4.90 Å². The van der Waals surface area contributed by atoms with Gasteiger partial charge in [-0.15, -0.1) is 0 Å². The van der Waals surface area contributed by atoms with Crippen LogP contribution in [0.2, 0.25) is 20.1 Å². The van der Waals surface area contributed by atoms with Crippen LogP contribution in [-0.4, -0.2) is 24.5 Å². The van der Waals surface area contributed by atoms with Crippen LogP contribution in [0.4, 0.5) is 5.69 Å². The zero-order valence-corrected chi connectivity index (χ0v) is 18.7. The van der Waals surface area contributed by atoms with Gasteiger partial charge in [0.2, 0.25) is 0 Å². The van der Waals surface area contributed by atoms with Crippen molar-refractivity contribution < 1.29 is 0 Å². The molecule has 0 radical (unpaired) electrons. The van der Waals surface area contributed by atoms with Gasteiger partial charge < -0.3 is 4.90 Å². The molecular weight excluding hydrogens is 446 g/mol. The van der Waals surface area contributed by atoms with E-state index in [1.54, 1.807) is 6.07 Å². The maximum absolute atomic E-state index is 6.55. The molecule has 6 heteroatoms. The summed E-state index contributed by atoms with van der Waals surface area (Å²) in [7, 11) is 0. The van der Waals surface area contributed by atoms with Crippen LogP contribution in [0.3, 0.4) is 0 Å². The highest BCUT2D eigenvalue weighted by Gasteiger charge is 2.29. The molecule has 4 rings (SSSR count). The van der Waals surface area contributed by atoms with Gasteiger partial charge in [0.05, 0.1) is 16.8 Å². The summed E-state index contributed by atoms with van der Waals surface area (Å²) in [6.45, 7) is 3.50. The number of nitrogens with zero attached hydrogens (tertiary/aromatic N) is 2. The summed E-state index contributed by atoms with van der Waals surface area (Å²) in [5.74, 6) is 0. The molecule has 1 atom stereocenters. The number of anilines is 1. The van der Waals surface area contributed by atoms with Gasteiger partial charge >= 0.3 is 0 Å². The predicted octanol–water partition coefficient (Wildman–Crippen LogP) is 7.36. The lowest BCUT2D eigenvalue weighted by Gasteiger charge is -2.43. The molecule has 0 spiro atoms. The first kappa shape index (κ1) is 20.8. The van der Waals surface area contributed by atoms with Crippen LogP contribution in [-0.2, 0) is 6.54 Å². The van der Waals surface area contributed by atoms with E-state index in [-0.39, 0.29) is 6.04 Å². The van der Waals surface area contributed by atoms with Crippen LogP contribution in [0.25, 0.3) is 0 Å². The van der Waals surface area contributed by atoms with E-state index < -0.39 is 0 Å². The lowest BCUT2D eigenvalue weighted by atomic mass is 10.0. The van der Waals surface area contributed by atoms with Gasteiger partial charge in [-0.25, -0.2) is 0 Å². The molecule has 1 aliphatic rings. The van der Waals surface area contributed by atoms with Gasteiger partial charge in [-0.3, -0.25) is 4.90 Å². The maximum atomic E-state index is 6.55. The SMILES string of the molecule is Clc1ccc(C2CN(Cc3cccc(Cl)c3)CCN2c2ccc(Cl)cc2Cl)cc1. The van der Waals surface area contributed by atoms with Crippen LogP contribution in [0.5, 0.6) is 0 Å². The predicted molar refractivity (Wildman–Crippen MR) is 125 cm³/mol. The van der Waals surface area contributed by atoms with Crippen LogP contribution in [0.15, 0.2) is 66.7 Å². The standard InChI is InChI=1S/C23H20Cl4N2/c24-18-6-4-17(5-7-18)23-15-28(14-16-2-1-3-19(25)12-16)10-11-29(23)22-9-8-20(26)13-21(22)27/h1-9,12-13,23H,10-11,14-15H2. The second kappa shape index (κ2) is 9.16. The van der Waals surface area contributed by atoms with E-state index in [1.807, 2.05) is 42.5 Å². The van der Waals surface area contributed by atoms with Crippen molar-refractivity contribution in [1.29, 1.82) is 0 Å². The zero-order valence-electron chi connectivity index (χ0n) is 15.7. The number of halogens is 4. The quantitative estimate of drug-likeness (QED) is 0.397. The monoisotopic (exact) mass is 464 g/mol. The third kappa shape index (κ3) is 5.02. The van der Waals surface area contributed by atoms with E-state index in [2.05, 4.69) is 28.0 Å². The Morgan fingerprint density at radius 1 is 0.759 bits per heavy atom. The van der Waals surface area contributed by atoms with E-state index in [9.17, 15) is 0 Å². The van der Waals surface area contributed by atoms with Crippen molar-refractivity contribution in [3.63, 3.8) is 0 Å².